The highest BCUT2D eigenvalue weighted by atomic mass is 16.5. The van der Waals surface area contributed by atoms with E-state index in [1.165, 1.54) is 12.5 Å². The van der Waals surface area contributed by atoms with Gasteiger partial charge in [-0.15, -0.1) is 0 Å². The van der Waals surface area contributed by atoms with E-state index in [-0.39, 0.29) is 0 Å². The van der Waals surface area contributed by atoms with E-state index in [4.69, 9.17) is 11.3 Å². The molecule has 0 bridgehead atoms. The van der Waals surface area contributed by atoms with Crippen molar-refractivity contribution in [1.82, 2.24) is 0 Å². The van der Waals surface area contributed by atoms with Gasteiger partial charge in [0.25, 0.3) is 0 Å². The smallest absolute Gasteiger partial charge is 0.0650 e. The second-order valence-electron chi connectivity index (χ2n) is 1.66. The molecule has 0 N–H and O–H groups in total. The second-order valence-corrected chi connectivity index (χ2v) is 1.66. The molecule has 0 spiro atoms. The van der Waals surface area contributed by atoms with Gasteiger partial charge in [0.05, 0.1) is 6.61 Å². The van der Waals surface area contributed by atoms with Gasteiger partial charge in [-0.3, -0.25) is 0 Å². The Kier molecular flexibility index (Phi) is 6.45. The minimum atomic E-state index is 0.583. The van der Waals surface area contributed by atoms with Crippen LogP contribution in [0, 0.1) is 6.58 Å². The largest absolute Gasteiger partial charge is 0.377 e. The number of rotatable bonds is 5. The number of hydrogen-bond acceptors (Lipinski definition) is 1. The molecule has 0 aliphatic carbocycles. The molecule has 0 atom stereocenters. The van der Waals surface area contributed by atoms with Crippen molar-refractivity contribution in [3.05, 3.63) is 12.7 Å². The van der Waals surface area contributed by atoms with Gasteiger partial charge in [-0.25, -0.2) is 0 Å². The highest BCUT2D eigenvalue weighted by Gasteiger charge is 1.80. The molecular weight excluding hydrogens is 100 g/mol. The summed E-state index contributed by atoms with van der Waals surface area (Å²) in [6.45, 7) is 8.62. The monoisotopic (exact) mass is 113 g/mol. The first kappa shape index (κ1) is 7.70. The van der Waals surface area contributed by atoms with Gasteiger partial charge in [-0.05, 0) is 6.42 Å². The van der Waals surface area contributed by atoms with E-state index in [0.717, 1.165) is 13.0 Å². The summed E-state index contributed by atoms with van der Waals surface area (Å²) in [4.78, 5) is 0. The maximum Gasteiger partial charge on any atom is 0.0650 e. The van der Waals surface area contributed by atoms with E-state index < -0.39 is 0 Å². The van der Waals surface area contributed by atoms with Crippen LogP contribution in [-0.4, -0.2) is 13.2 Å². The Bertz CT molecular complexity index is 50.3. The van der Waals surface area contributed by atoms with Crippen molar-refractivity contribution < 1.29 is 4.74 Å². The van der Waals surface area contributed by atoms with Crippen LogP contribution in [-0.2, 0) is 4.74 Å². The van der Waals surface area contributed by atoms with Crippen LogP contribution in [0.2, 0.25) is 0 Å². The predicted molar refractivity (Wildman–Crippen MR) is 34.6 cm³/mol. The Morgan fingerprint density at radius 3 is 2.88 bits per heavy atom. The Hall–Kier alpha value is -0.300. The molecule has 8 heavy (non-hydrogen) atoms. The zero-order valence-corrected chi connectivity index (χ0v) is 5.39. The fourth-order valence-corrected chi connectivity index (χ4v) is 0.398. The number of unbranched alkanes of at least 4 members (excludes halogenated alkanes) is 1. The van der Waals surface area contributed by atoms with Crippen LogP contribution in [0.3, 0.4) is 0 Å². The number of hydrogen-bond donors (Lipinski definition) is 0. The Labute approximate surface area is 51.4 Å². The maximum atomic E-state index is 5.06. The van der Waals surface area contributed by atoms with Crippen LogP contribution in [0.4, 0.5) is 0 Å². The van der Waals surface area contributed by atoms with Crippen LogP contribution in [0.25, 0.3) is 0 Å². The molecule has 0 rings (SSSR count). The molecule has 0 aliphatic rings. The van der Waals surface area contributed by atoms with Crippen molar-refractivity contribution in [2.45, 2.75) is 19.8 Å². The van der Waals surface area contributed by atoms with E-state index >= 15 is 0 Å². The van der Waals surface area contributed by atoms with Gasteiger partial charge in [0.2, 0.25) is 0 Å². The topological polar surface area (TPSA) is 9.23 Å². The zero-order chi connectivity index (χ0) is 6.24. The lowest BCUT2D eigenvalue weighted by atomic mass is 10.4. The quantitative estimate of drug-likeness (QED) is 0.494. The Morgan fingerprint density at radius 1 is 1.62 bits per heavy atom. The highest BCUT2D eigenvalue weighted by Crippen LogP contribution is 1.86. The normalized spacial score (nSPS) is 9.12. The average Bonchev–Trinajstić information content (AvgIpc) is 1.81. The first-order chi connectivity index (χ1) is 3.91. The average molecular weight is 113 g/mol. The summed E-state index contributed by atoms with van der Waals surface area (Å²) in [5.41, 5.74) is 0. The van der Waals surface area contributed by atoms with E-state index in [9.17, 15) is 0 Å². The van der Waals surface area contributed by atoms with Crippen molar-refractivity contribution in [2.75, 3.05) is 13.2 Å². The first-order valence-electron chi connectivity index (χ1n) is 3.03. The van der Waals surface area contributed by atoms with Gasteiger partial charge in [0.15, 0.2) is 0 Å². The molecular formula is C7H13O. The molecule has 0 aromatic heterocycles. The molecule has 0 saturated carbocycles. The maximum absolute atomic E-state index is 5.06. The first-order valence-corrected chi connectivity index (χ1v) is 3.03. The molecule has 0 heterocycles. The number of ether oxygens (including phenoxy) is 1. The molecule has 0 aromatic carbocycles. The summed E-state index contributed by atoms with van der Waals surface area (Å²) in [6.07, 6.45) is 3.84. The summed E-state index contributed by atoms with van der Waals surface area (Å²) < 4.78 is 5.04. The van der Waals surface area contributed by atoms with E-state index in [1.54, 1.807) is 0 Å². The van der Waals surface area contributed by atoms with Crippen LogP contribution < -0.4 is 0 Å². The minimum Gasteiger partial charge on any atom is -0.377 e. The van der Waals surface area contributed by atoms with Crippen molar-refractivity contribution in [3.63, 3.8) is 0 Å². The van der Waals surface area contributed by atoms with E-state index in [2.05, 4.69) is 6.92 Å². The molecule has 47 valence electrons. The lowest BCUT2D eigenvalue weighted by molar-refractivity contribution is 0.159. The summed E-state index contributed by atoms with van der Waals surface area (Å²) >= 11 is 0. The van der Waals surface area contributed by atoms with Crippen LogP contribution in [0.15, 0.2) is 6.08 Å². The molecule has 0 saturated heterocycles. The third-order valence-electron chi connectivity index (χ3n) is 0.856. The van der Waals surface area contributed by atoms with Gasteiger partial charge in [-0.2, -0.15) is 0 Å². The standard InChI is InChI=1S/C7H13O/c1-3-5-7-8-6-4-2/h2,4H,3,5-7H2,1H3. The summed E-state index contributed by atoms with van der Waals surface area (Å²) in [5.74, 6) is 0. The molecule has 0 aliphatic heterocycles. The third kappa shape index (κ3) is 5.70. The van der Waals surface area contributed by atoms with Crippen LogP contribution in [0.1, 0.15) is 19.8 Å². The zero-order valence-electron chi connectivity index (χ0n) is 5.39. The molecule has 1 heteroatoms. The Morgan fingerprint density at radius 2 is 2.38 bits per heavy atom. The highest BCUT2D eigenvalue weighted by molar-refractivity contribution is 4.58. The van der Waals surface area contributed by atoms with Gasteiger partial charge in [0, 0.05) is 6.61 Å². The van der Waals surface area contributed by atoms with E-state index in [1.807, 2.05) is 0 Å². The molecule has 0 aromatic rings. The van der Waals surface area contributed by atoms with Crippen LogP contribution >= 0.6 is 0 Å². The van der Waals surface area contributed by atoms with Gasteiger partial charge in [-0.1, -0.05) is 26.0 Å². The molecule has 0 amide bonds. The lowest BCUT2D eigenvalue weighted by Crippen LogP contribution is -1.92. The van der Waals surface area contributed by atoms with Crippen molar-refractivity contribution >= 4 is 0 Å². The van der Waals surface area contributed by atoms with Gasteiger partial charge in [0.1, 0.15) is 0 Å². The SMILES string of the molecule is [CH]=CCOCCCC. The minimum absolute atomic E-state index is 0.583. The summed E-state index contributed by atoms with van der Waals surface area (Å²) in [5, 5.41) is 0. The summed E-state index contributed by atoms with van der Waals surface area (Å²) in [6, 6.07) is 0. The van der Waals surface area contributed by atoms with E-state index in [0.29, 0.717) is 6.61 Å². The predicted octanol–water partition coefficient (Wildman–Crippen LogP) is 1.79. The fraction of sp³-hybridized carbons (Fsp3) is 0.714. The van der Waals surface area contributed by atoms with Gasteiger partial charge >= 0.3 is 0 Å². The molecule has 0 unspecified atom stereocenters. The Balaban J connectivity index is 2.62. The van der Waals surface area contributed by atoms with Crippen molar-refractivity contribution in [2.24, 2.45) is 0 Å². The third-order valence-corrected chi connectivity index (χ3v) is 0.856. The molecule has 1 nitrogen and oxygen atoms in total. The summed E-state index contributed by atoms with van der Waals surface area (Å²) in [7, 11) is 0. The lowest BCUT2D eigenvalue weighted by Gasteiger charge is -1.95. The second kappa shape index (κ2) is 6.70. The van der Waals surface area contributed by atoms with Crippen molar-refractivity contribution in [1.29, 1.82) is 0 Å². The van der Waals surface area contributed by atoms with Crippen LogP contribution in [0.5, 0.6) is 0 Å². The molecule has 1 radical (unpaired) electrons. The fourth-order valence-electron chi connectivity index (χ4n) is 0.398. The van der Waals surface area contributed by atoms with Gasteiger partial charge < -0.3 is 4.74 Å². The van der Waals surface area contributed by atoms with Crippen molar-refractivity contribution in [3.8, 4) is 0 Å². The molecule has 0 fully saturated rings.